The number of nitrogens with one attached hydrogen (secondary N) is 1. The number of carbonyl (C=O) groups excluding carboxylic acids is 2. The van der Waals surface area contributed by atoms with Gasteiger partial charge in [0.2, 0.25) is 5.91 Å². The van der Waals surface area contributed by atoms with Gasteiger partial charge in [0.15, 0.2) is 5.13 Å². The van der Waals surface area contributed by atoms with Crippen LogP contribution in [0.4, 0.5) is 5.13 Å². The molecule has 26 heavy (non-hydrogen) atoms. The van der Waals surface area contributed by atoms with Crippen LogP contribution in [-0.2, 0) is 17.8 Å². The maximum Gasteiger partial charge on any atom is 0.255 e. The van der Waals surface area contributed by atoms with E-state index >= 15 is 0 Å². The number of thioether (sulfide) groups is 1. The highest BCUT2D eigenvalue weighted by Crippen LogP contribution is 2.33. The summed E-state index contributed by atoms with van der Waals surface area (Å²) in [6.45, 7) is 3.32. The maximum atomic E-state index is 13.0. The molecule has 0 spiro atoms. The molecule has 0 atom stereocenters. The van der Waals surface area contributed by atoms with E-state index in [0.29, 0.717) is 18.2 Å². The molecular formula is C19H21N3O2S2. The standard InChI is InChI=1S/C19H21N3O2S2/c1-2-25-15-6-4-3-5-13(15)18(24)22-10-9-14-16(11-22)26-19(20-14)21-17(23)12-7-8-12/h3-6,12H,2,7-11H2,1H3,(H,20,21,23). The average Bonchev–Trinajstić information content (AvgIpc) is 3.42. The Morgan fingerprint density at radius 3 is 2.92 bits per heavy atom. The molecule has 1 N–H and O–H groups in total. The van der Waals surface area contributed by atoms with Crippen LogP contribution in [0.3, 0.4) is 0 Å². The largest absolute Gasteiger partial charge is 0.333 e. The molecule has 0 unspecified atom stereocenters. The minimum atomic E-state index is 0.0733. The lowest BCUT2D eigenvalue weighted by Gasteiger charge is -2.26. The zero-order valence-electron chi connectivity index (χ0n) is 14.7. The highest BCUT2D eigenvalue weighted by atomic mass is 32.2. The molecule has 1 saturated carbocycles. The monoisotopic (exact) mass is 387 g/mol. The number of hydrogen-bond donors (Lipinski definition) is 1. The zero-order chi connectivity index (χ0) is 18.1. The van der Waals surface area contributed by atoms with Gasteiger partial charge in [0.05, 0.1) is 17.8 Å². The summed E-state index contributed by atoms with van der Waals surface area (Å²) < 4.78 is 0. The Morgan fingerprint density at radius 1 is 1.35 bits per heavy atom. The van der Waals surface area contributed by atoms with Gasteiger partial charge in [0.25, 0.3) is 5.91 Å². The van der Waals surface area contributed by atoms with Gasteiger partial charge in [0, 0.05) is 28.7 Å². The van der Waals surface area contributed by atoms with Crippen molar-refractivity contribution in [2.24, 2.45) is 5.92 Å². The number of rotatable bonds is 5. The first-order chi connectivity index (χ1) is 12.7. The number of amides is 2. The maximum absolute atomic E-state index is 13.0. The fraction of sp³-hybridized carbons (Fsp3) is 0.421. The third-order valence-corrected chi connectivity index (χ3v) is 6.57. The van der Waals surface area contributed by atoms with Crippen molar-refractivity contribution >= 4 is 40.0 Å². The first-order valence-corrected chi connectivity index (χ1v) is 10.8. The SMILES string of the molecule is CCSc1ccccc1C(=O)N1CCc2nc(NC(=O)C3CC3)sc2C1. The molecular weight excluding hydrogens is 366 g/mol. The van der Waals surface area contributed by atoms with Gasteiger partial charge in [-0.2, -0.15) is 0 Å². The number of aromatic nitrogens is 1. The molecule has 2 amide bonds. The van der Waals surface area contributed by atoms with Crippen LogP contribution in [0.1, 0.15) is 40.7 Å². The lowest BCUT2D eigenvalue weighted by molar-refractivity contribution is -0.117. The van der Waals surface area contributed by atoms with E-state index in [0.717, 1.165) is 46.0 Å². The van der Waals surface area contributed by atoms with E-state index in [1.807, 2.05) is 29.2 Å². The molecule has 5 nitrogen and oxygen atoms in total. The lowest BCUT2D eigenvalue weighted by Crippen LogP contribution is -2.35. The van der Waals surface area contributed by atoms with E-state index in [2.05, 4.69) is 17.2 Å². The topological polar surface area (TPSA) is 62.3 Å². The number of fused-ring (bicyclic) bond motifs is 1. The van der Waals surface area contributed by atoms with E-state index in [-0.39, 0.29) is 17.7 Å². The summed E-state index contributed by atoms with van der Waals surface area (Å²) in [6, 6.07) is 7.81. The molecule has 2 aromatic rings. The molecule has 1 aliphatic heterocycles. The molecule has 1 aromatic carbocycles. The van der Waals surface area contributed by atoms with Crippen LogP contribution in [0, 0.1) is 5.92 Å². The van der Waals surface area contributed by atoms with Gasteiger partial charge in [-0.25, -0.2) is 4.98 Å². The fourth-order valence-electron chi connectivity index (χ4n) is 3.07. The summed E-state index contributed by atoms with van der Waals surface area (Å²) in [5, 5.41) is 3.59. The van der Waals surface area contributed by atoms with E-state index in [1.165, 1.54) is 11.3 Å². The van der Waals surface area contributed by atoms with Crippen LogP contribution in [0.5, 0.6) is 0 Å². The Morgan fingerprint density at radius 2 is 2.15 bits per heavy atom. The van der Waals surface area contributed by atoms with Gasteiger partial charge in [-0.05, 0) is 30.7 Å². The summed E-state index contributed by atoms with van der Waals surface area (Å²) in [5.74, 6) is 1.26. The molecule has 4 rings (SSSR count). The van der Waals surface area contributed by atoms with Crippen LogP contribution in [0.25, 0.3) is 0 Å². The average molecular weight is 388 g/mol. The second-order valence-electron chi connectivity index (χ2n) is 6.56. The first kappa shape index (κ1) is 17.5. The third-order valence-electron chi connectivity index (χ3n) is 4.61. The van der Waals surface area contributed by atoms with Crippen molar-refractivity contribution in [1.29, 1.82) is 0 Å². The van der Waals surface area contributed by atoms with E-state index in [4.69, 9.17) is 0 Å². The smallest absolute Gasteiger partial charge is 0.255 e. The predicted molar refractivity (Wildman–Crippen MR) is 105 cm³/mol. The van der Waals surface area contributed by atoms with Crippen molar-refractivity contribution in [3.63, 3.8) is 0 Å². The number of nitrogens with zero attached hydrogens (tertiary/aromatic N) is 2. The Bertz CT molecular complexity index is 845. The number of carbonyl (C=O) groups is 2. The summed E-state index contributed by atoms with van der Waals surface area (Å²) in [4.78, 5) is 33.5. The fourth-order valence-corrected chi connectivity index (χ4v) is 4.89. The van der Waals surface area contributed by atoms with Gasteiger partial charge in [0.1, 0.15) is 0 Å². The molecule has 136 valence electrons. The summed E-state index contributed by atoms with van der Waals surface area (Å²) in [6.07, 6.45) is 2.70. The molecule has 2 heterocycles. The van der Waals surface area contributed by atoms with Gasteiger partial charge >= 0.3 is 0 Å². The van der Waals surface area contributed by atoms with Crippen LogP contribution in [-0.4, -0.2) is 34.0 Å². The van der Waals surface area contributed by atoms with Crippen LogP contribution >= 0.6 is 23.1 Å². The molecule has 1 fully saturated rings. The van der Waals surface area contributed by atoms with Gasteiger partial charge in [-0.15, -0.1) is 11.8 Å². The molecule has 0 radical (unpaired) electrons. The Labute approximate surface area is 161 Å². The number of hydrogen-bond acceptors (Lipinski definition) is 5. The normalized spacial score (nSPS) is 16.3. The molecule has 0 saturated heterocycles. The first-order valence-electron chi connectivity index (χ1n) is 8.96. The van der Waals surface area contributed by atoms with Crippen molar-refractivity contribution in [3.05, 3.63) is 40.4 Å². The summed E-state index contributed by atoms with van der Waals surface area (Å²) in [5.41, 5.74) is 1.79. The summed E-state index contributed by atoms with van der Waals surface area (Å²) >= 11 is 3.19. The van der Waals surface area contributed by atoms with E-state index in [9.17, 15) is 9.59 Å². The quantitative estimate of drug-likeness (QED) is 0.793. The number of anilines is 1. The number of thiazole rings is 1. The minimum Gasteiger partial charge on any atom is -0.333 e. The third kappa shape index (κ3) is 3.64. The second kappa shape index (κ2) is 7.40. The van der Waals surface area contributed by atoms with Crippen molar-refractivity contribution < 1.29 is 9.59 Å². The van der Waals surface area contributed by atoms with Crippen molar-refractivity contribution in [1.82, 2.24) is 9.88 Å². The second-order valence-corrected chi connectivity index (χ2v) is 8.95. The van der Waals surface area contributed by atoms with E-state index < -0.39 is 0 Å². The Balaban J connectivity index is 1.48. The van der Waals surface area contributed by atoms with Gasteiger partial charge in [-0.1, -0.05) is 30.4 Å². The molecule has 1 aromatic heterocycles. The molecule has 0 bridgehead atoms. The van der Waals surface area contributed by atoms with E-state index in [1.54, 1.807) is 11.8 Å². The van der Waals surface area contributed by atoms with Crippen LogP contribution in [0.15, 0.2) is 29.2 Å². The minimum absolute atomic E-state index is 0.0733. The Hall–Kier alpha value is -1.86. The molecule has 1 aliphatic carbocycles. The van der Waals surface area contributed by atoms with Crippen LogP contribution in [0.2, 0.25) is 0 Å². The highest BCUT2D eigenvalue weighted by Gasteiger charge is 2.31. The number of benzene rings is 1. The van der Waals surface area contributed by atoms with Gasteiger partial charge < -0.3 is 10.2 Å². The van der Waals surface area contributed by atoms with Gasteiger partial charge in [-0.3, -0.25) is 9.59 Å². The van der Waals surface area contributed by atoms with Crippen LogP contribution < -0.4 is 5.32 Å². The molecule has 7 heteroatoms. The zero-order valence-corrected chi connectivity index (χ0v) is 16.3. The molecule has 2 aliphatic rings. The van der Waals surface area contributed by atoms with Crippen molar-refractivity contribution in [2.45, 2.75) is 37.6 Å². The lowest BCUT2D eigenvalue weighted by atomic mass is 10.1. The Kier molecular flexibility index (Phi) is 5.00. The van der Waals surface area contributed by atoms with Crippen molar-refractivity contribution in [2.75, 3.05) is 17.6 Å². The summed E-state index contributed by atoms with van der Waals surface area (Å²) in [7, 11) is 0. The highest BCUT2D eigenvalue weighted by molar-refractivity contribution is 7.99. The predicted octanol–water partition coefficient (Wildman–Crippen LogP) is 3.80. The van der Waals surface area contributed by atoms with Crippen molar-refractivity contribution in [3.8, 4) is 0 Å².